The highest BCUT2D eigenvalue weighted by atomic mass is 19.1. The summed E-state index contributed by atoms with van der Waals surface area (Å²) in [6.07, 6.45) is 2.96. The number of benzene rings is 2. The molecule has 5 heteroatoms. The number of hydrogen-bond acceptors (Lipinski definition) is 2. The van der Waals surface area contributed by atoms with E-state index in [1.165, 1.54) is 6.07 Å². The number of amides is 2. The number of aryl methyl sites for hydroxylation is 1. The topological polar surface area (TPSA) is 49.4 Å². The van der Waals surface area contributed by atoms with Crippen LogP contribution in [0.2, 0.25) is 0 Å². The number of carbonyl (C=O) groups excluding carboxylic acids is 2. The van der Waals surface area contributed by atoms with Gasteiger partial charge in [-0.3, -0.25) is 9.59 Å². The Labute approximate surface area is 159 Å². The molecule has 0 radical (unpaired) electrons. The van der Waals surface area contributed by atoms with E-state index in [1.807, 2.05) is 30.3 Å². The number of hydrogen-bond donors (Lipinski definition) is 1. The van der Waals surface area contributed by atoms with E-state index in [2.05, 4.69) is 5.32 Å². The fourth-order valence-electron chi connectivity index (χ4n) is 3.52. The molecular formula is C22H25FN2O2. The van der Waals surface area contributed by atoms with Gasteiger partial charge in [-0.15, -0.1) is 0 Å². The highest BCUT2D eigenvalue weighted by Crippen LogP contribution is 2.20. The third-order valence-corrected chi connectivity index (χ3v) is 4.98. The SMILES string of the molecule is O=C(NCc1ccccc1)C1CCCN1C(=O)CCCc1ccccc1F. The summed E-state index contributed by atoms with van der Waals surface area (Å²) in [5.74, 6) is -0.355. The highest BCUT2D eigenvalue weighted by molar-refractivity contribution is 5.88. The Morgan fingerprint density at radius 1 is 1.07 bits per heavy atom. The molecule has 2 amide bonds. The molecule has 2 aromatic carbocycles. The molecular weight excluding hydrogens is 343 g/mol. The smallest absolute Gasteiger partial charge is 0.243 e. The van der Waals surface area contributed by atoms with Crippen LogP contribution < -0.4 is 5.32 Å². The normalized spacial score (nSPS) is 16.3. The van der Waals surface area contributed by atoms with Crippen LogP contribution in [0.3, 0.4) is 0 Å². The van der Waals surface area contributed by atoms with Crippen molar-refractivity contribution in [1.82, 2.24) is 10.2 Å². The molecule has 0 aliphatic carbocycles. The van der Waals surface area contributed by atoms with Crippen LogP contribution in [-0.2, 0) is 22.6 Å². The van der Waals surface area contributed by atoms with Crippen LogP contribution in [-0.4, -0.2) is 29.3 Å². The first-order chi connectivity index (χ1) is 13.1. The van der Waals surface area contributed by atoms with E-state index in [4.69, 9.17) is 0 Å². The van der Waals surface area contributed by atoms with Crippen molar-refractivity contribution < 1.29 is 14.0 Å². The van der Waals surface area contributed by atoms with Crippen molar-refractivity contribution in [1.29, 1.82) is 0 Å². The van der Waals surface area contributed by atoms with Gasteiger partial charge in [0.2, 0.25) is 11.8 Å². The summed E-state index contributed by atoms with van der Waals surface area (Å²) in [6.45, 7) is 1.08. The van der Waals surface area contributed by atoms with Crippen molar-refractivity contribution in [3.8, 4) is 0 Å². The molecule has 142 valence electrons. The van der Waals surface area contributed by atoms with Gasteiger partial charge >= 0.3 is 0 Å². The largest absolute Gasteiger partial charge is 0.350 e. The first-order valence-electron chi connectivity index (χ1n) is 9.49. The lowest BCUT2D eigenvalue weighted by atomic mass is 10.1. The minimum atomic E-state index is -0.394. The van der Waals surface area contributed by atoms with Crippen LogP contribution in [0.5, 0.6) is 0 Å². The van der Waals surface area contributed by atoms with Gasteiger partial charge in [0.05, 0.1) is 0 Å². The van der Waals surface area contributed by atoms with Gasteiger partial charge in [-0.1, -0.05) is 48.5 Å². The summed E-state index contributed by atoms with van der Waals surface area (Å²) in [7, 11) is 0. The lowest BCUT2D eigenvalue weighted by Crippen LogP contribution is -2.45. The molecule has 1 unspecified atom stereocenters. The molecule has 27 heavy (non-hydrogen) atoms. The standard InChI is InChI=1S/C22H25FN2O2/c23-19-12-5-4-10-18(19)11-6-14-21(26)25-15-7-13-20(25)22(27)24-16-17-8-2-1-3-9-17/h1-5,8-10,12,20H,6-7,11,13-16H2,(H,24,27). The van der Waals surface area contributed by atoms with Crippen molar-refractivity contribution in [3.05, 3.63) is 71.5 Å². The monoisotopic (exact) mass is 368 g/mol. The lowest BCUT2D eigenvalue weighted by molar-refractivity contribution is -0.138. The zero-order valence-electron chi connectivity index (χ0n) is 15.4. The molecule has 0 spiro atoms. The maximum Gasteiger partial charge on any atom is 0.243 e. The summed E-state index contributed by atoms with van der Waals surface area (Å²) in [4.78, 5) is 26.8. The minimum absolute atomic E-state index is 0.0244. The van der Waals surface area contributed by atoms with E-state index >= 15 is 0 Å². The van der Waals surface area contributed by atoms with Crippen LogP contribution >= 0.6 is 0 Å². The molecule has 1 saturated heterocycles. The molecule has 1 aliphatic rings. The van der Waals surface area contributed by atoms with Crippen LogP contribution in [0.4, 0.5) is 4.39 Å². The first kappa shape index (κ1) is 19.1. The summed E-state index contributed by atoms with van der Waals surface area (Å²) in [5.41, 5.74) is 1.66. The molecule has 1 atom stereocenters. The summed E-state index contributed by atoms with van der Waals surface area (Å²) in [6, 6.07) is 16.0. The average Bonchev–Trinajstić information content (AvgIpc) is 3.18. The van der Waals surface area contributed by atoms with E-state index in [1.54, 1.807) is 23.1 Å². The fourth-order valence-corrected chi connectivity index (χ4v) is 3.52. The predicted octanol–water partition coefficient (Wildman–Crippen LogP) is 3.46. The van der Waals surface area contributed by atoms with Gasteiger partial charge in [0.15, 0.2) is 0 Å². The molecule has 4 nitrogen and oxygen atoms in total. The maximum atomic E-state index is 13.7. The van der Waals surface area contributed by atoms with Crippen molar-refractivity contribution in [2.24, 2.45) is 0 Å². The van der Waals surface area contributed by atoms with Crippen molar-refractivity contribution >= 4 is 11.8 Å². The van der Waals surface area contributed by atoms with Gasteiger partial charge < -0.3 is 10.2 Å². The van der Waals surface area contributed by atoms with Crippen molar-refractivity contribution in [2.75, 3.05) is 6.54 Å². The summed E-state index contributed by atoms with van der Waals surface area (Å²) in [5, 5.41) is 2.93. The molecule has 1 fully saturated rings. The van der Waals surface area contributed by atoms with Gasteiger partial charge in [0.1, 0.15) is 11.9 Å². The van der Waals surface area contributed by atoms with Crippen LogP contribution in [0.15, 0.2) is 54.6 Å². The van der Waals surface area contributed by atoms with E-state index in [9.17, 15) is 14.0 Å². The van der Waals surface area contributed by atoms with Crippen molar-refractivity contribution in [3.63, 3.8) is 0 Å². The second kappa shape index (κ2) is 9.31. The van der Waals surface area contributed by atoms with E-state index in [0.717, 1.165) is 12.0 Å². The quantitative estimate of drug-likeness (QED) is 0.814. The predicted molar refractivity (Wildman–Crippen MR) is 102 cm³/mol. The van der Waals surface area contributed by atoms with Gasteiger partial charge in [-0.2, -0.15) is 0 Å². The molecule has 1 heterocycles. The van der Waals surface area contributed by atoms with Gasteiger partial charge in [0.25, 0.3) is 0 Å². The van der Waals surface area contributed by atoms with Gasteiger partial charge in [-0.05, 0) is 42.9 Å². The van der Waals surface area contributed by atoms with Gasteiger partial charge in [0, 0.05) is 19.5 Å². The molecule has 0 bridgehead atoms. The molecule has 2 aromatic rings. The number of likely N-dealkylation sites (tertiary alicyclic amines) is 1. The number of nitrogens with zero attached hydrogens (tertiary/aromatic N) is 1. The maximum absolute atomic E-state index is 13.7. The number of halogens is 1. The Bertz CT molecular complexity index is 779. The molecule has 0 saturated carbocycles. The molecule has 1 N–H and O–H groups in total. The number of nitrogens with one attached hydrogen (secondary N) is 1. The molecule has 3 rings (SSSR count). The lowest BCUT2D eigenvalue weighted by Gasteiger charge is -2.24. The minimum Gasteiger partial charge on any atom is -0.350 e. The molecule has 0 aromatic heterocycles. The highest BCUT2D eigenvalue weighted by Gasteiger charge is 2.33. The Morgan fingerprint density at radius 3 is 2.59 bits per heavy atom. The summed E-state index contributed by atoms with van der Waals surface area (Å²) >= 11 is 0. The third-order valence-electron chi connectivity index (χ3n) is 4.98. The Morgan fingerprint density at radius 2 is 1.81 bits per heavy atom. The second-order valence-corrected chi connectivity index (χ2v) is 6.89. The fraction of sp³-hybridized carbons (Fsp3) is 0.364. The average molecular weight is 368 g/mol. The summed E-state index contributed by atoms with van der Waals surface area (Å²) < 4.78 is 13.7. The first-order valence-corrected chi connectivity index (χ1v) is 9.49. The third kappa shape index (κ3) is 5.16. The number of rotatable bonds is 7. The Kier molecular flexibility index (Phi) is 6.58. The Balaban J connectivity index is 1.48. The van der Waals surface area contributed by atoms with E-state index in [0.29, 0.717) is 44.3 Å². The van der Waals surface area contributed by atoms with Gasteiger partial charge in [-0.25, -0.2) is 4.39 Å². The van der Waals surface area contributed by atoms with Crippen LogP contribution in [0.1, 0.15) is 36.8 Å². The molecule has 1 aliphatic heterocycles. The zero-order chi connectivity index (χ0) is 19.1. The second-order valence-electron chi connectivity index (χ2n) is 6.89. The van der Waals surface area contributed by atoms with E-state index < -0.39 is 6.04 Å². The zero-order valence-corrected chi connectivity index (χ0v) is 15.4. The Hall–Kier alpha value is -2.69. The van der Waals surface area contributed by atoms with E-state index in [-0.39, 0.29) is 17.6 Å². The van der Waals surface area contributed by atoms with Crippen LogP contribution in [0.25, 0.3) is 0 Å². The van der Waals surface area contributed by atoms with Crippen LogP contribution in [0, 0.1) is 5.82 Å². The van der Waals surface area contributed by atoms with Crippen molar-refractivity contribution in [2.45, 2.75) is 44.7 Å². The number of carbonyl (C=O) groups is 2.